The first-order valence-electron chi connectivity index (χ1n) is 10.8. The Morgan fingerprint density at radius 1 is 0.767 bits per heavy atom. The predicted octanol–water partition coefficient (Wildman–Crippen LogP) is 5.03. The number of aliphatic hydroxyl groups excluding tert-OH is 1. The van der Waals surface area contributed by atoms with Gasteiger partial charge in [0.15, 0.2) is 6.04 Å². The molecule has 3 N–H and O–H groups in total. The van der Waals surface area contributed by atoms with E-state index in [1.807, 2.05) is 36.5 Å². The van der Waals surface area contributed by atoms with E-state index in [1.165, 1.54) is 57.1 Å². The van der Waals surface area contributed by atoms with Crippen molar-refractivity contribution < 1.29 is 19.8 Å². The summed E-state index contributed by atoms with van der Waals surface area (Å²) >= 11 is 0. The molecule has 30 heavy (non-hydrogen) atoms. The number of unbranched alkanes of at least 4 members (excludes halogenated alkanes) is 7. The molecule has 0 unspecified atom stereocenters. The second kappa shape index (κ2) is 21.1. The molecule has 0 saturated carbocycles. The summed E-state index contributed by atoms with van der Waals surface area (Å²) in [5.74, 6) is -1.85. The van der Waals surface area contributed by atoms with Crippen molar-refractivity contribution in [3.8, 4) is 0 Å². The average molecular weight is 416 g/mol. The van der Waals surface area contributed by atoms with E-state index < -0.39 is 24.5 Å². The average Bonchev–Trinajstić information content (AvgIpc) is 2.73. The van der Waals surface area contributed by atoms with Gasteiger partial charge in [0, 0.05) is 6.08 Å². The number of carbonyl (C=O) groups excluding carboxylic acids is 1. The summed E-state index contributed by atoms with van der Waals surface area (Å²) in [5, 5.41) is 19.7. The molecule has 0 aliphatic heterocycles. The van der Waals surface area contributed by atoms with Gasteiger partial charge in [-0.2, -0.15) is 0 Å². The molecule has 0 aromatic heterocycles. The molecule has 0 aliphatic carbocycles. The van der Waals surface area contributed by atoms with E-state index in [9.17, 15) is 9.59 Å². The van der Waals surface area contributed by atoms with Crippen LogP contribution in [0.5, 0.6) is 0 Å². The summed E-state index contributed by atoms with van der Waals surface area (Å²) in [6.45, 7) is 1.59. The van der Waals surface area contributed by atoms with Gasteiger partial charge in [0.25, 0.3) is 0 Å². The normalized spacial score (nSPS) is 13.7. The lowest BCUT2D eigenvalue weighted by Crippen LogP contribution is -2.42. The number of allylic oxidation sites excluding steroid dienone is 11. The molecule has 0 heterocycles. The maximum absolute atomic E-state index is 11.5. The van der Waals surface area contributed by atoms with E-state index in [0.717, 1.165) is 6.42 Å². The maximum Gasteiger partial charge on any atom is 0.328 e. The number of aliphatic carboxylic acids is 1. The first-order valence-corrected chi connectivity index (χ1v) is 10.8. The third-order valence-corrected chi connectivity index (χ3v) is 4.16. The largest absolute Gasteiger partial charge is 0.480 e. The minimum Gasteiger partial charge on any atom is -0.480 e. The summed E-state index contributed by atoms with van der Waals surface area (Å²) in [6.07, 6.45) is 32.4. The van der Waals surface area contributed by atoms with Gasteiger partial charge in [-0.05, 0) is 12.8 Å². The van der Waals surface area contributed by atoms with Crippen LogP contribution < -0.4 is 5.32 Å². The quantitative estimate of drug-likeness (QED) is 0.177. The first-order chi connectivity index (χ1) is 14.6. The molecule has 0 bridgehead atoms. The van der Waals surface area contributed by atoms with Gasteiger partial charge in [0.05, 0.1) is 6.61 Å². The van der Waals surface area contributed by atoms with Gasteiger partial charge in [-0.25, -0.2) is 4.79 Å². The van der Waals surface area contributed by atoms with Crippen LogP contribution in [0.4, 0.5) is 0 Å². The maximum atomic E-state index is 11.5. The standard InChI is InChI=1S/C25H37NO4/c1-2-3-4-5-6-7-8-9-10-11-12-13-14-15-16-17-18-19-20-21-24(28)26-23(22-27)25(29)30/h10-21,23,27H,2-9,22H2,1H3,(H,26,28)(H,29,30)/b11-10+,13-12+,15-14+,17-16+,19-18+,21-20+/t23-/m1/s1. The minimum atomic E-state index is -1.29. The minimum absolute atomic E-state index is 0.574. The summed E-state index contributed by atoms with van der Waals surface area (Å²) in [4.78, 5) is 22.1. The van der Waals surface area contributed by atoms with Crippen molar-refractivity contribution in [1.82, 2.24) is 5.32 Å². The number of carbonyl (C=O) groups is 2. The Labute approximate surface area is 181 Å². The van der Waals surface area contributed by atoms with Gasteiger partial charge < -0.3 is 15.5 Å². The lowest BCUT2D eigenvalue weighted by molar-refractivity contribution is -0.142. The Balaban J connectivity index is 3.84. The van der Waals surface area contributed by atoms with Crippen LogP contribution in [0.25, 0.3) is 0 Å². The number of hydrogen-bond acceptors (Lipinski definition) is 3. The number of carboxylic acid groups (broad SMARTS) is 1. The molecule has 0 aliphatic rings. The highest BCUT2D eigenvalue weighted by molar-refractivity contribution is 5.91. The molecular formula is C25H37NO4. The monoisotopic (exact) mass is 415 g/mol. The molecule has 166 valence electrons. The second-order valence-electron chi connectivity index (χ2n) is 6.82. The van der Waals surface area contributed by atoms with Gasteiger partial charge in [-0.15, -0.1) is 0 Å². The van der Waals surface area contributed by atoms with Crippen LogP contribution in [0.3, 0.4) is 0 Å². The van der Waals surface area contributed by atoms with Crippen LogP contribution >= 0.6 is 0 Å². The smallest absolute Gasteiger partial charge is 0.328 e. The van der Waals surface area contributed by atoms with E-state index in [0.29, 0.717) is 0 Å². The number of rotatable bonds is 17. The molecule has 0 radical (unpaired) electrons. The van der Waals surface area contributed by atoms with Gasteiger partial charge in [-0.1, -0.05) is 112 Å². The highest BCUT2D eigenvalue weighted by Crippen LogP contribution is 2.08. The van der Waals surface area contributed by atoms with E-state index in [-0.39, 0.29) is 0 Å². The molecule has 1 atom stereocenters. The van der Waals surface area contributed by atoms with Crippen molar-refractivity contribution in [1.29, 1.82) is 0 Å². The zero-order valence-electron chi connectivity index (χ0n) is 18.1. The Morgan fingerprint density at radius 2 is 1.27 bits per heavy atom. The molecule has 0 rings (SSSR count). The third kappa shape index (κ3) is 18.7. The summed E-state index contributed by atoms with van der Waals surface area (Å²) in [6, 6.07) is -1.29. The summed E-state index contributed by atoms with van der Waals surface area (Å²) in [5.41, 5.74) is 0. The van der Waals surface area contributed by atoms with E-state index in [2.05, 4.69) is 24.4 Å². The molecule has 0 aromatic carbocycles. The SMILES string of the molecule is CCCCCCCCC/C=C/C=C/C=C/C=C/C=C/C=C/C(=O)N[C@H](CO)C(=O)O. The number of hydrogen-bond donors (Lipinski definition) is 3. The third-order valence-electron chi connectivity index (χ3n) is 4.16. The van der Waals surface area contributed by atoms with Crippen molar-refractivity contribution in [3.63, 3.8) is 0 Å². The van der Waals surface area contributed by atoms with Crippen molar-refractivity contribution in [3.05, 3.63) is 72.9 Å². The second-order valence-corrected chi connectivity index (χ2v) is 6.82. The van der Waals surface area contributed by atoms with Crippen molar-refractivity contribution in [2.24, 2.45) is 0 Å². The highest BCUT2D eigenvalue weighted by Gasteiger charge is 2.16. The summed E-state index contributed by atoms with van der Waals surface area (Å²) in [7, 11) is 0. The van der Waals surface area contributed by atoms with E-state index >= 15 is 0 Å². The fraction of sp³-hybridized carbons (Fsp3) is 0.440. The number of aliphatic hydroxyl groups is 1. The van der Waals surface area contributed by atoms with Gasteiger partial charge in [-0.3, -0.25) is 4.79 Å². The van der Waals surface area contributed by atoms with Crippen molar-refractivity contribution in [2.75, 3.05) is 6.61 Å². The molecule has 5 nitrogen and oxygen atoms in total. The topological polar surface area (TPSA) is 86.6 Å². The summed E-state index contributed by atoms with van der Waals surface area (Å²) < 4.78 is 0. The highest BCUT2D eigenvalue weighted by atomic mass is 16.4. The lowest BCUT2D eigenvalue weighted by atomic mass is 10.1. The molecule has 0 fully saturated rings. The van der Waals surface area contributed by atoms with Gasteiger partial charge in [0.1, 0.15) is 0 Å². The number of nitrogens with one attached hydrogen (secondary N) is 1. The van der Waals surface area contributed by atoms with Crippen LogP contribution in [0, 0.1) is 0 Å². The first kappa shape index (κ1) is 27.3. The van der Waals surface area contributed by atoms with Crippen LogP contribution in [0.15, 0.2) is 72.9 Å². The molecule has 5 heteroatoms. The molecular weight excluding hydrogens is 378 g/mol. The molecule has 0 aromatic rings. The van der Waals surface area contributed by atoms with Crippen molar-refractivity contribution in [2.45, 2.75) is 64.3 Å². The van der Waals surface area contributed by atoms with Crippen LogP contribution in [-0.4, -0.2) is 34.7 Å². The van der Waals surface area contributed by atoms with E-state index in [1.54, 1.807) is 12.2 Å². The molecule has 1 amide bonds. The molecule has 0 saturated heterocycles. The Bertz CT molecular complexity index is 627. The Kier molecular flexibility index (Phi) is 19.2. The lowest BCUT2D eigenvalue weighted by Gasteiger charge is -2.08. The number of amides is 1. The van der Waals surface area contributed by atoms with Crippen molar-refractivity contribution >= 4 is 11.9 Å². The Hall–Kier alpha value is -2.66. The van der Waals surface area contributed by atoms with Gasteiger partial charge >= 0.3 is 5.97 Å². The number of carboxylic acids is 1. The predicted molar refractivity (Wildman–Crippen MR) is 124 cm³/mol. The van der Waals surface area contributed by atoms with E-state index in [4.69, 9.17) is 10.2 Å². The molecule has 0 spiro atoms. The fourth-order valence-electron chi connectivity index (χ4n) is 2.46. The fourth-order valence-corrected chi connectivity index (χ4v) is 2.46. The Morgan fingerprint density at radius 3 is 1.80 bits per heavy atom. The van der Waals surface area contributed by atoms with Gasteiger partial charge in [0.2, 0.25) is 5.91 Å². The van der Waals surface area contributed by atoms with Crippen LogP contribution in [0.1, 0.15) is 58.3 Å². The zero-order valence-corrected chi connectivity index (χ0v) is 18.1. The van der Waals surface area contributed by atoms with Crippen LogP contribution in [-0.2, 0) is 9.59 Å². The van der Waals surface area contributed by atoms with Crippen LogP contribution in [0.2, 0.25) is 0 Å². The zero-order chi connectivity index (χ0) is 22.3.